The van der Waals surface area contributed by atoms with Crippen LogP contribution in [0, 0.1) is 0 Å². The van der Waals surface area contributed by atoms with Crippen LogP contribution in [-0.2, 0) is 14.8 Å². The molecule has 2 rings (SSSR count). The minimum Gasteiger partial charge on any atom is -0.480 e. The maximum absolute atomic E-state index is 12.4. The predicted molar refractivity (Wildman–Crippen MR) is 97.8 cm³/mol. The molecule has 0 unspecified atom stereocenters. The summed E-state index contributed by atoms with van der Waals surface area (Å²) in [5, 5.41) is 10.8. The van der Waals surface area contributed by atoms with Gasteiger partial charge < -0.3 is 10.4 Å². The van der Waals surface area contributed by atoms with E-state index in [1.807, 2.05) is 13.8 Å². The number of carboxylic acids is 1. The number of carboxylic acid groups (broad SMARTS) is 1. The zero-order valence-electron chi connectivity index (χ0n) is 14.4. The monoisotopic (exact) mass is 376 g/mol. The van der Waals surface area contributed by atoms with Crippen molar-refractivity contribution in [2.75, 3.05) is 11.3 Å². The quantitative estimate of drug-likeness (QED) is 0.687. The van der Waals surface area contributed by atoms with Gasteiger partial charge >= 0.3 is 5.97 Å². The molecule has 0 aromatic heterocycles. The van der Waals surface area contributed by atoms with Crippen molar-refractivity contribution in [3.63, 3.8) is 0 Å². The van der Waals surface area contributed by atoms with Gasteiger partial charge in [0.05, 0.1) is 4.90 Å². The molecule has 0 heterocycles. The van der Waals surface area contributed by atoms with Crippen molar-refractivity contribution >= 4 is 27.6 Å². The molecule has 3 N–H and O–H groups in total. The molecule has 1 amide bonds. The number of hydrogen-bond donors (Lipinski definition) is 3. The number of aliphatic carboxylic acids is 1. The molecule has 138 valence electrons. The summed E-state index contributed by atoms with van der Waals surface area (Å²) < 4.78 is 27.3. The van der Waals surface area contributed by atoms with Crippen molar-refractivity contribution in [1.29, 1.82) is 0 Å². The molecule has 0 aliphatic heterocycles. The van der Waals surface area contributed by atoms with E-state index in [1.54, 1.807) is 24.3 Å². The molecule has 8 heteroatoms. The number of anilines is 1. The van der Waals surface area contributed by atoms with Gasteiger partial charge in [-0.3, -0.25) is 14.3 Å². The zero-order chi connectivity index (χ0) is 19.3. The van der Waals surface area contributed by atoms with Crippen LogP contribution in [0.1, 0.15) is 35.7 Å². The second-order valence-corrected chi connectivity index (χ2v) is 7.67. The molecule has 0 spiro atoms. The van der Waals surface area contributed by atoms with Crippen LogP contribution in [0.15, 0.2) is 53.4 Å². The first-order valence-electron chi connectivity index (χ1n) is 7.92. The lowest BCUT2D eigenvalue weighted by Gasteiger charge is -2.10. The number of rotatable bonds is 7. The largest absolute Gasteiger partial charge is 0.480 e. The van der Waals surface area contributed by atoms with Crippen molar-refractivity contribution in [3.8, 4) is 0 Å². The third kappa shape index (κ3) is 5.06. The molecule has 0 bridgehead atoms. The van der Waals surface area contributed by atoms with E-state index in [-0.39, 0.29) is 10.5 Å². The van der Waals surface area contributed by atoms with Gasteiger partial charge in [-0.2, -0.15) is 0 Å². The summed E-state index contributed by atoms with van der Waals surface area (Å²) in [6, 6.07) is 12.3. The minimum absolute atomic E-state index is 0.144. The number of hydrogen-bond acceptors (Lipinski definition) is 4. The van der Waals surface area contributed by atoms with Gasteiger partial charge in [-0.15, -0.1) is 0 Å². The molecule has 0 saturated carbocycles. The van der Waals surface area contributed by atoms with Gasteiger partial charge in [0.1, 0.15) is 6.54 Å². The molecule has 0 fully saturated rings. The summed E-state index contributed by atoms with van der Waals surface area (Å²) in [5.74, 6) is -1.39. The lowest BCUT2D eigenvalue weighted by Crippen LogP contribution is -2.29. The van der Waals surface area contributed by atoms with Crippen LogP contribution in [0.2, 0.25) is 0 Å². The average Bonchev–Trinajstić information content (AvgIpc) is 2.60. The number of carbonyl (C=O) groups is 2. The van der Waals surface area contributed by atoms with E-state index in [2.05, 4.69) is 10.0 Å². The van der Waals surface area contributed by atoms with Crippen molar-refractivity contribution < 1.29 is 23.1 Å². The van der Waals surface area contributed by atoms with E-state index >= 15 is 0 Å². The zero-order valence-corrected chi connectivity index (χ0v) is 15.2. The second kappa shape index (κ2) is 8.01. The van der Waals surface area contributed by atoms with Gasteiger partial charge in [-0.25, -0.2) is 8.42 Å². The highest BCUT2D eigenvalue weighted by Crippen LogP contribution is 2.20. The van der Waals surface area contributed by atoms with Crippen molar-refractivity contribution in [2.45, 2.75) is 24.7 Å². The van der Waals surface area contributed by atoms with Crippen LogP contribution >= 0.6 is 0 Å². The minimum atomic E-state index is -3.74. The van der Waals surface area contributed by atoms with Gasteiger partial charge in [0.25, 0.3) is 15.9 Å². The Balaban J connectivity index is 2.09. The van der Waals surface area contributed by atoms with Gasteiger partial charge in [-0.1, -0.05) is 26.0 Å². The molecule has 2 aromatic rings. The molecular formula is C18H20N2O5S. The van der Waals surface area contributed by atoms with Gasteiger partial charge in [0.15, 0.2) is 0 Å². The van der Waals surface area contributed by atoms with Crippen LogP contribution in [0.5, 0.6) is 0 Å². The Hall–Kier alpha value is -2.87. The smallest absolute Gasteiger partial charge is 0.322 e. The predicted octanol–water partition coefficient (Wildman–Crippen LogP) is 2.43. The molecule has 7 nitrogen and oxygen atoms in total. The summed E-state index contributed by atoms with van der Waals surface area (Å²) in [4.78, 5) is 22.3. The fourth-order valence-corrected chi connectivity index (χ4v) is 3.25. The highest BCUT2D eigenvalue weighted by atomic mass is 32.2. The van der Waals surface area contributed by atoms with Gasteiger partial charge in [-0.05, 0) is 47.9 Å². The fraction of sp³-hybridized carbons (Fsp3) is 0.222. The highest BCUT2D eigenvalue weighted by Gasteiger charge is 2.15. The lowest BCUT2D eigenvalue weighted by atomic mass is 10.0. The molecule has 0 radical (unpaired) electrons. The Kier molecular flexibility index (Phi) is 5.99. The third-order valence-corrected chi connectivity index (χ3v) is 5.05. The Morgan fingerprint density at radius 1 is 1.00 bits per heavy atom. The first-order chi connectivity index (χ1) is 12.2. The van der Waals surface area contributed by atoms with Crippen LogP contribution in [-0.4, -0.2) is 31.9 Å². The van der Waals surface area contributed by atoms with Crippen molar-refractivity contribution in [1.82, 2.24) is 5.32 Å². The van der Waals surface area contributed by atoms with E-state index in [1.165, 1.54) is 24.3 Å². The third-order valence-electron chi connectivity index (χ3n) is 3.66. The summed E-state index contributed by atoms with van der Waals surface area (Å²) in [6.07, 6.45) is 0. The number of carbonyl (C=O) groups excluding carboxylic acids is 1. The Labute approximate surface area is 152 Å². The van der Waals surface area contributed by atoms with E-state index in [0.29, 0.717) is 11.6 Å². The van der Waals surface area contributed by atoms with Crippen LogP contribution < -0.4 is 10.0 Å². The molecule has 0 aliphatic carbocycles. The normalized spacial score (nSPS) is 11.2. The summed E-state index contributed by atoms with van der Waals surface area (Å²) in [5.41, 5.74) is 1.57. The standard InChI is InChI=1S/C18H20N2O5S/c1-12(2)13-5-9-16(10-6-13)26(24,25)20-15-7-3-14(4-8-15)18(23)19-11-17(21)22/h3-10,12,20H,11H2,1-2H3,(H,19,23)(H,21,22). The summed E-state index contributed by atoms with van der Waals surface area (Å²) in [7, 11) is -3.74. The highest BCUT2D eigenvalue weighted by molar-refractivity contribution is 7.92. The maximum Gasteiger partial charge on any atom is 0.322 e. The lowest BCUT2D eigenvalue weighted by molar-refractivity contribution is -0.135. The number of sulfonamides is 1. The topological polar surface area (TPSA) is 113 Å². The molecule has 26 heavy (non-hydrogen) atoms. The number of benzene rings is 2. The molecular weight excluding hydrogens is 356 g/mol. The first-order valence-corrected chi connectivity index (χ1v) is 9.40. The number of nitrogens with one attached hydrogen (secondary N) is 2. The van der Waals surface area contributed by atoms with Crippen LogP contribution in [0.25, 0.3) is 0 Å². The second-order valence-electron chi connectivity index (χ2n) is 5.98. The number of amides is 1. The Bertz CT molecular complexity index is 888. The summed E-state index contributed by atoms with van der Waals surface area (Å²) in [6.45, 7) is 3.56. The van der Waals surface area contributed by atoms with Crippen LogP contribution in [0.3, 0.4) is 0 Å². The van der Waals surface area contributed by atoms with Gasteiger partial charge in [0, 0.05) is 11.3 Å². The van der Waals surface area contributed by atoms with E-state index < -0.39 is 28.4 Å². The molecule has 0 saturated heterocycles. The Morgan fingerprint density at radius 2 is 1.58 bits per heavy atom. The average molecular weight is 376 g/mol. The Morgan fingerprint density at radius 3 is 2.08 bits per heavy atom. The first kappa shape index (κ1) is 19.5. The SMILES string of the molecule is CC(C)c1ccc(S(=O)(=O)Nc2ccc(C(=O)NCC(=O)O)cc2)cc1. The fourth-order valence-electron chi connectivity index (χ4n) is 2.19. The molecule has 2 aromatic carbocycles. The van der Waals surface area contributed by atoms with E-state index in [9.17, 15) is 18.0 Å². The van der Waals surface area contributed by atoms with Gasteiger partial charge in [0.2, 0.25) is 0 Å². The van der Waals surface area contributed by atoms with E-state index in [4.69, 9.17) is 5.11 Å². The maximum atomic E-state index is 12.4. The molecule has 0 aliphatic rings. The van der Waals surface area contributed by atoms with Crippen molar-refractivity contribution in [3.05, 3.63) is 59.7 Å². The van der Waals surface area contributed by atoms with Crippen LogP contribution in [0.4, 0.5) is 5.69 Å². The van der Waals surface area contributed by atoms with Crippen molar-refractivity contribution in [2.24, 2.45) is 0 Å². The summed E-state index contributed by atoms with van der Waals surface area (Å²) >= 11 is 0. The van der Waals surface area contributed by atoms with E-state index in [0.717, 1.165) is 5.56 Å². The molecule has 0 atom stereocenters.